The highest BCUT2D eigenvalue weighted by Gasteiger charge is 2.10. The largest absolute Gasteiger partial charge is 0.327 e. The van der Waals surface area contributed by atoms with Crippen LogP contribution in [0.15, 0.2) is 48.8 Å². The van der Waals surface area contributed by atoms with Crippen LogP contribution in [0.25, 0.3) is 0 Å². The molecule has 2 rings (SSSR count). The summed E-state index contributed by atoms with van der Waals surface area (Å²) in [7, 11) is 1.76. The van der Waals surface area contributed by atoms with Crippen LogP contribution in [0.1, 0.15) is 5.56 Å². The molecule has 1 heterocycles. The van der Waals surface area contributed by atoms with Crippen molar-refractivity contribution in [2.45, 2.75) is 6.42 Å². The number of benzene rings is 1. The van der Waals surface area contributed by atoms with Gasteiger partial charge in [-0.15, -0.1) is 0 Å². The van der Waals surface area contributed by atoms with Gasteiger partial charge in [0.1, 0.15) is 0 Å². The number of anilines is 1. The lowest BCUT2D eigenvalue weighted by molar-refractivity contribution is 0.223. The molecule has 0 aliphatic rings. The fraction of sp³-hybridized carbons (Fsp3) is 0.200. The van der Waals surface area contributed by atoms with Crippen molar-refractivity contribution in [3.63, 3.8) is 0 Å². The van der Waals surface area contributed by atoms with E-state index in [0.717, 1.165) is 12.0 Å². The minimum Gasteiger partial charge on any atom is -0.327 e. The molecule has 0 aliphatic carbocycles. The summed E-state index contributed by atoms with van der Waals surface area (Å²) >= 11 is 6.01. The van der Waals surface area contributed by atoms with Crippen LogP contribution >= 0.6 is 11.6 Å². The third-order valence-electron chi connectivity index (χ3n) is 2.95. The van der Waals surface area contributed by atoms with Gasteiger partial charge in [0, 0.05) is 26.0 Å². The lowest BCUT2D eigenvalue weighted by Crippen LogP contribution is -2.33. The molecule has 0 spiro atoms. The number of aromatic nitrogens is 1. The maximum atomic E-state index is 12.0. The van der Waals surface area contributed by atoms with Crippen LogP contribution in [-0.4, -0.2) is 29.5 Å². The molecule has 0 bridgehead atoms. The highest BCUT2D eigenvalue weighted by molar-refractivity contribution is 6.33. The molecule has 5 heteroatoms. The number of hydrogen-bond acceptors (Lipinski definition) is 2. The van der Waals surface area contributed by atoms with E-state index in [9.17, 15) is 4.79 Å². The first-order valence-electron chi connectivity index (χ1n) is 6.32. The average Bonchev–Trinajstić information content (AvgIpc) is 2.48. The van der Waals surface area contributed by atoms with E-state index in [1.807, 2.05) is 24.3 Å². The maximum Gasteiger partial charge on any atom is 0.321 e. The third kappa shape index (κ3) is 3.96. The van der Waals surface area contributed by atoms with Crippen molar-refractivity contribution in [1.82, 2.24) is 9.88 Å². The number of nitrogens with zero attached hydrogens (tertiary/aromatic N) is 2. The highest BCUT2D eigenvalue weighted by atomic mass is 35.5. The van der Waals surface area contributed by atoms with Crippen LogP contribution in [0.2, 0.25) is 5.02 Å². The number of pyridine rings is 1. The number of para-hydroxylation sites is 1. The monoisotopic (exact) mass is 289 g/mol. The summed E-state index contributed by atoms with van der Waals surface area (Å²) in [6.07, 6.45) is 4.28. The Bertz CT molecular complexity index is 574. The molecule has 20 heavy (non-hydrogen) atoms. The molecule has 2 amide bonds. The SMILES string of the molecule is CN(CCc1ccncc1)C(=O)Nc1ccccc1Cl. The van der Waals surface area contributed by atoms with E-state index in [4.69, 9.17) is 11.6 Å². The molecule has 0 radical (unpaired) electrons. The van der Waals surface area contributed by atoms with E-state index in [-0.39, 0.29) is 6.03 Å². The standard InChI is InChI=1S/C15H16ClN3O/c1-19(11-8-12-6-9-17-10-7-12)15(20)18-14-5-3-2-4-13(14)16/h2-7,9-10H,8,11H2,1H3,(H,18,20). The molecule has 0 unspecified atom stereocenters. The first-order chi connectivity index (χ1) is 9.66. The van der Waals surface area contributed by atoms with Gasteiger partial charge in [0.05, 0.1) is 10.7 Å². The number of likely N-dealkylation sites (N-methyl/N-ethyl adjacent to an activating group) is 1. The van der Waals surface area contributed by atoms with Gasteiger partial charge in [0.2, 0.25) is 0 Å². The highest BCUT2D eigenvalue weighted by Crippen LogP contribution is 2.20. The van der Waals surface area contributed by atoms with Gasteiger partial charge in [-0.1, -0.05) is 23.7 Å². The number of hydrogen-bond donors (Lipinski definition) is 1. The fourth-order valence-corrected chi connectivity index (χ4v) is 1.90. The maximum absolute atomic E-state index is 12.0. The molecule has 0 saturated heterocycles. The van der Waals surface area contributed by atoms with Gasteiger partial charge in [-0.3, -0.25) is 4.98 Å². The first-order valence-corrected chi connectivity index (χ1v) is 6.70. The van der Waals surface area contributed by atoms with Crippen LogP contribution in [0.5, 0.6) is 0 Å². The lowest BCUT2D eigenvalue weighted by Gasteiger charge is -2.18. The predicted molar refractivity (Wildman–Crippen MR) is 81.0 cm³/mol. The Labute approximate surface area is 123 Å². The molecular formula is C15H16ClN3O. The zero-order valence-electron chi connectivity index (χ0n) is 11.2. The molecule has 1 aromatic heterocycles. The molecule has 0 fully saturated rings. The smallest absolute Gasteiger partial charge is 0.321 e. The van der Waals surface area contributed by atoms with Gasteiger partial charge >= 0.3 is 6.03 Å². The van der Waals surface area contributed by atoms with Gasteiger partial charge in [-0.25, -0.2) is 4.79 Å². The Morgan fingerprint density at radius 3 is 2.65 bits per heavy atom. The molecule has 0 aliphatic heterocycles. The van der Waals surface area contributed by atoms with Crippen LogP contribution in [0.3, 0.4) is 0 Å². The summed E-state index contributed by atoms with van der Waals surface area (Å²) in [5.74, 6) is 0. The van der Waals surface area contributed by atoms with E-state index in [2.05, 4.69) is 10.3 Å². The number of nitrogens with one attached hydrogen (secondary N) is 1. The minimum absolute atomic E-state index is 0.174. The Morgan fingerprint density at radius 1 is 1.25 bits per heavy atom. The van der Waals surface area contributed by atoms with Crippen LogP contribution < -0.4 is 5.32 Å². The predicted octanol–water partition coefficient (Wildman–Crippen LogP) is 3.44. The van der Waals surface area contributed by atoms with Gasteiger partial charge in [0.15, 0.2) is 0 Å². The van der Waals surface area contributed by atoms with Crippen LogP contribution in [0.4, 0.5) is 10.5 Å². The second-order valence-corrected chi connectivity index (χ2v) is 4.84. The van der Waals surface area contributed by atoms with Crippen LogP contribution in [0, 0.1) is 0 Å². The molecule has 104 valence electrons. The molecule has 0 atom stereocenters. The van der Waals surface area contributed by atoms with Crippen molar-refractivity contribution in [3.05, 3.63) is 59.4 Å². The van der Waals surface area contributed by atoms with E-state index in [1.54, 1.807) is 36.5 Å². The normalized spacial score (nSPS) is 10.1. The quantitative estimate of drug-likeness (QED) is 0.937. The third-order valence-corrected chi connectivity index (χ3v) is 3.28. The number of urea groups is 1. The summed E-state index contributed by atoms with van der Waals surface area (Å²) in [5.41, 5.74) is 1.77. The minimum atomic E-state index is -0.174. The molecule has 4 nitrogen and oxygen atoms in total. The summed E-state index contributed by atoms with van der Waals surface area (Å²) in [6.45, 7) is 0.625. The molecule has 1 aromatic carbocycles. The van der Waals surface area contributed by atoms with E-state index >= 15 is 0 Å². The number of carbonyl (C=O) groups is 1. The van der Waals surface area contributed by atoms with E-state index < -0.39 is 0 Å². The second kappa shape index (κ2) is 6.91. The summed E-state index contributed by atoms with van der Waals surface area (Å²) in [4.78, 5) is 17.6. The molecule has 1 N–H and O–H groups in total. The number of halogens is 1. The summed E-state index contributed by atoms with van der Waals surface area (Å²) in [5, 5.41) is 3.32. The van der Waals surface area contributed by atoms with Crippen molar-refractivity contribution in [1.29, 1.82) is 0 Å². The Kier molecular flexibility index (Phi) is 4.96. The number of rotatable bonds is 4. The number of carbonyl (C=O) groups excluding carboxylic acids is 1. The molecule has 2 aromatic rings. The van der Waals surface area contributed by atoms with Crippen molar-refractivity contribution in [2.75, 3.05) is 18.9 Å². The van der Waals surface area contributed by atoms with Crippen molar-refractivity contribution in [3.8, 4) is 0 Å². The number of amides is 2. The van der Waals surface area contributed by atoms with E-state index in [0.29, 0.717) is 17.3 Å². The summed E-state index contributed by atoms with van der Waals surface area (Å²) < 4.78 is 0. The molecular weight excluding hydrogens is 274 g/mol. The first kappa shape index (κ1) is 14.3. The average molecular weight is 290 g/mol. The fourth-order valence-electron chi connectivity index (χ4n) is 1.72. The van der Waals surface area contributed by atoms with Gasteiger partial charge in [0.25, 0.3) is 0 Å². The zero-order valence-corrected chi connectivity index (χ0v) is 12.0. The Morgan fingerprint density at radius 2 is 1.95 bits per heavy atom. The lowest BCUT2D eigenvalue weighted by atomic mass is 10.2. The van der Waals surface area contributed by atoms with Gasteiger partial charge < -0.3 is 10.2 Å². The topological polar surface area (TPSA) is 45.2 Å². The van der Waals surface area contributed by atoms with E-state index in [1.165, 1.54) is 0 Å². The zero-order chi connectivity index (χ0) is 14.4. The second-order valence-electron chi connectivity index (χ2n) is 4.44. The van der Waals surface area contributed by atoms with Crippen molar-refractivity contribution in [2.24, 2.45) is 0 Å². The Balaban J connectivity index is 1.88. The van der Waals surface area contributed by atoms with Crippen molar-refractivity contribution < 1.29 is 4.79 Å². The Hall–Kier alpha value is -2.07. The summed E-state index contributed by atoms with van der Waals surface area (Å²) in [6, 6.07) is 10.9. The van der Waals surface area contributed by atoms with Gasteiger partial charge in [-0.05, 0) is 36.2 Å². The van der Waals surface area contributed by atoms with Crippen LogP contribution in [-0.2, 0) is 6.42 Å². The van der Waals surface area contributed by atoms with Gasteiger partial charge in [-0.2, -0.15) is 0 Å². The molecule has 0 saturated carbocycles. The van der Waals surface area contributed by atoms with Crippen molar-refractivity contribution >= 4 is 23.3 Å².